The van der Waals surface area contributed by atoms with Crippen LogP contribution in [0, 0.1) is 0 Å². The first-order chi connectivity index (χ1) is 18.5. The lowest BCUT2D eigenvalue weighted by Gasteiger charge is -2.37. The van der Waals surface area contributed by atoms with Crippen molar-refractivity contribution in [2.45, 2.75) is 6.10 Å². The number of rotatable bonds is 8. The number of nitrogens with one attached hydrogen (secondary N) is 1. The highest BCUT2D eigenvalue weighted by molar-refractivity contribution is 6.34. The van der Waals surface area contributed by atoms with Crippen molar-refractivity contribution in [2.75, 3.05) is 56.2 Å². The molecule has 2 aromatic carbocycles. The van der Waals surface area contributed by atoms with Gasteiger partial charge >= 0.3 is 0 Å². The van der Waals surface area contributed by atoms with Gasteiger partial charge in [0.2, 0.25) is 0 Å². The van der Waals surface area contributed by atoms with Gasteiger partial charge in [-0.25, -0.2) is 4.90 Å². The minimum absolute atomic E-state index is 0.0668. The molecule has 0 spiro atoms. The molecule has 1 saturated heterocycles. The van der Waals surface area contributed by atoms with E-state index in [9.17, 15) is 19.5 Å². The molecule has 2 N–H and O–H groups in total. The van der Waals surface area contributed by atoms with Crippen molar-refractivity contribution in [2.24, 2.45) is 0 Å². The van der Waals surface area contributed by atoms with Crippen molar-refractivity contribution >= 4 is 29.1 Å². The summed E-state index contributed by atoms with van der Waals surface area (Å²) in [5.41, 5.74) is 2.08. The largest absolute Gasteiger partial charge is 0.495 e. The van der Waals surface area contributed by atoms with E-state index < -0.39 is 23.8 Å². The summed E-state index contributed by atoms with van der Waals surface area (Å²) < 4.78 is 5.47. The molecular formula is C28H29N5O5. The average Bonchev–Trinajstić information content (AvgIpc) is 3.21. The molecule has 196 valence electrons. The number of amides is 3. The van der Waals surface area contributed by atoms with E-state index in [2.05, 4.69) is 20.1 Å². The van der Waals surface area contributed by atoms with Crippen molar-refractivity contribution < 1.29 is 24.2 Å². The number of hydrogen-bond donors (Lipinski definition) is 2. The van der Waals surface area contributed by atoms with Gasteiger partial charge in [-0.3, -0.25) is 24.3 Å². The number of nitrogens with zero attached hydrogens (tertiary/aromatic N) is 4. The number of β-amino-alcohol motifs (C(OH)–C–C–N with tert-alkyl or cyclic N) is 1. The van der Waals surface area contributed by atoms with Crippen LogP contribution in [0.1, 0.15) is 31.1 Å². The molecule has 1 fully saturated rings. The van der Waals surface area contributed by atoms with E-state index in [-0.39, 0.29) is 23.2 Å². The number of fused-ring (bicyclic) bond motifs is 1. The maximum atomic E-state index is 12.9. The van der Waals surface area contributed by atoms with Crippen molar-refractivity contribution in [1.82, 2.24) is 15.2 Å². The number of ether oxygens (including phenoxy) is 1. The maximum Gasteiger partial charge on any atom is 0.266 e. The standard InChI is InChI=1S/C28H29N5O5/c1-38-25-7-3-2-6-24(25)32-13-11-31(12-14-32)18-21(34)17-30-26(35)19-8-9-22-23(15-19)28(37)33(27(22)36)20-5-4-10-29-16-20/h2-10,15-16,21,34H,11-14,17-18H2,1H3,(H,30,35). The molecule has 0 saturated carbocycles. The number of carbonyl (C=O) groups excluding carboxylic acids is 3. The smallest absolute Gasteiger partial charge is 0.266 e. The number of hydrogen-bond acceptors (Lipinski definition) is 8. The van der Waals surface area contributed by atoms with E-state index in [1.165, 1.54) is 24.4 Å². The summed E-state index contributed by atoms with van der Waals surface area (Å²) in [7, 11) is 1.66. The number of benzene rings is 2. The normalized spacial score (nSPS) is 16.4. The lowest BCUT2D eigenvalue weighted by molar-refractivity contribution is 0.0851. The zero-order valence-corrected chi connectivity index (χ0v) is 21.0. The summed E-state index contributed by atoms with van der Waals surface area (Å²) in [6.07, 6.45) is 2.24. The van der Waals surface area contributed by atoms with E-state index >= 15 is 0 Å². The third-order valence-electron chi connectivity index (χ3n) is 6.82. The zero-order chi connectivity index (χ0) is 26.6. The molecule has 2 aliphatic rings. The number of aliphatic hydroxyl groups excluding tert-OH is 1. The topological polar surface area (TPSA) is 115 Å². The highest BCUT2D eigenvalue weighted by Crippen LogP contribution is 2.29. The molecule has 3 heterocycles. The second-order valence-corrected chi connectivity index (χ2v) is 9.24. The average molecular weight is 516 g/mol. The number of pyridine rings is 1. The molecule has 1 aromatic heterocycles. The third-order valence-corrected chi connectivity index (χ3v) is 6.82. The van der Waals surface area contributed by atoms with Crippen LogP contribution in [0.25, 0.3) is 0 Å². The number of aromatic nitrogens is 1. The monoisotopic (exact) mass is 515 g/mol. The Morgan fingerprint density at radius 2 is 1.79 bits per heavy atom. The summed E-state index contributed by atoms with van der Waals surface area (Å²) in [5.74, 6) is -0.537. The van der Waals surface area contributed by atoms with Crippen molar-refractivity contribution in [3.8, 4) is 5.75 Å². The lowest BCUT2D eigenvalue weighted by atomic mass is 10.1. The Morgan fingerprint density at radius 1 is 1.03 bits per heavy atom. The predicted octanol–water partition coefficient (Wildman–Crippen LogP) is 1.80. The van der Waals surface area contributed by atoms with Gasteiger partial charge in [0, 0.05) is 51.0 Å². The molecule has 10 heteroatoms. The Balaban J connectivity index is 1.13. The van der Waals surface area contributed by atoms with Crippen LogP contribution in [0.4, 0.5) is 11.4 Å². The Bertz CT molecular complexity index is 1340. The van der Waals surface area contributed by atoms with Crippen LogP contribution in [0.3, 0.4) is 0 Å². The van der Waals surface area contributed by atoms with Gasteiger partial charge in [-0.05, 0) is 42.5 Å². The van der Waals surface area contributed by atoms with Crippen LogP contribution >= 0.6 is 0 Å². The number of imide groups is 1. The Labute approximate surface area is 220 Å². The first kappa shape index (κ1) is 25.4. The molecule has 38 heavy (non-hydrogen) atoms. The predicted molar refractivity (Wildman–Crippen MR) is 142 cm³/mol. The van der Waals surface area contributed by atoms with Gasteiger partial charge in [0.25, 0.3) is 17.7 Å². The first-order valence-electron chi connectivity index (χ1n) is 12.5. The number of aliphatic hydroxyl groups is 1. The van der Waals surface area contributed by atoms with Gasteiger partial charge in [0.1, 0.15) is 5.75 Å². The van der Waals surface area contributed by atoms with Gasteiger partial charge in [-0.1, -0.05) is 12.1 Å². The number of anilines is 2. The fourth-order valence-corrected chi connectivity index (χ4v) is 4.84. The molecule has 1 atom stereocenters. The number of methoxy groups -OCH3 is 1. The molecular weight excluding hydrogens is 486 g/mol. The SMILES string of the molecule is COc1ccccc1N1CCN(CC(O)CNC(=O)c2ccc3c(c2)C(=O)N(c2cccnc2)C3=O)CC1. The molecule has 3 amide bonds. The van der Waals surface area contributed by atoms with Crippen molar-refractivity contribution in [3.05, 3.63) is 83.7 Å². The van der Waals surface area contributed by atoms with Crippen molar-refractivity contribution in [1.29, 1.82) is 0 Å². The maximum absolute atomic E-state index is 12.9. The molecule has 0 aliphatic carbocycles. The van der Waals surface area contributed by atoms with Crippen molar-refractivity contribution in [3.63, 3.8) is 0 Å². The quantitative estimate of drug-likeness (QED) is 0.437. The van der Waals surface area contributed by atoms with Crippen LogP contribution < -0.4 is 19.9 Å². The molecule has 3 aromatic rings. The number of carbonyl (C=O) groups is 3. The fraction of sp³-hybridized carbons (Fsp3) is 0.286. The second kappa shape index (κ2) is 11.0. The summed E-state index contributed by atoms with van der Waals surface area (Å²) in [4.78, 5) is 47.9. The van der Waals surface area contributed by atoms with Gasteiger partial charge < -0.3 is 20.1 Å². The highest BCUT2D eigenvalue weighted by Gasteiger charge is 2.37. The van der Waals surface area contributed by atoms with E-state index in [0.717, 1.165) is 42.5 Å². The summed E-state index contributed by atoms with van der Waals surface area (Å²) in [5, 5.41) is 13.3. The third kappa shape index (κ3) is 5.09. The Hall–Kier alpha value is -4.28. The summed E-state index contributed by atoms with van der Waals surface area (Å²) in [6, 6.07) is 15.6. The van der Waals surface area contributed by atoms with Crippen LogP contribution in [-0.4, -0.2) is 85.2 Å². The van der Waals surface area contributed by atoms with Crippen LogP contribution in [0.2, 0.25) is 0 Å². The van der Waals surface area contributed by atoms with Crippen LogP contribution in [0.15, 0.2) is 67.0 Å². The Morgan fingerprint density at radius 3 is 2.53 bits per heavy atom. The number of para-hydroxylation sites is 2. The molecule has 0 radical (unpaired) electrons. The molecule has 1 unspecified atom stereocenters. The molecule has 2 aliphatic heterocycles. The second-order valence-electron chi connectivity index (χ2n) is 9.24. The van der Waals surface area contributed by atoms with E-state index in [1.54, 1.807) is 25.4 Å². The molecule has 0 bridgehead atoms. The molecule has 10 nitrogen and oxygen atoms in total. The minimum atomic E-state index is -0.754. The highest BCUT2D eigenvalue weighted by atomic mass is 16.5. The number of piperazine rings is 1. The van der Waals surface area contributed by atoms with Gasteiger partial charge in [-0.2, -0.15) is 0 Å². The summed E-state index contributed by atoms with van der Waals surface area (Å²) in [6.45, 7) is 3.65. The Kier molecular flexibility index (Phi) is 7.34. The first-order valence-corrected chi connectivity index (χ1v) is 12.5. The van der Waals surface area contributed by atoms with E-state index in [1.807, 2.05) is 24.3 Å². The van der Waals surface area contributed by atoms with E-state index in [4.69, 9.17) is 4.74 Å². The van der Waals surface area contributed by atoms with Gasteiger partial charge in [-0.15, -0.1) is 0 Å². The summed E-state index contributed by atoms with van der Waals surface area (Å²) >= 11 is 0. The fourth-order valence-electron chi connectivity index (χ4n) is 4.84. The van der Waals surface area contributed by atoms with Crippen LogP contribution in [-0.2, 0) is 0 Å². The lowest BCUT2D eigenvalue weighted by Crippen LogP contribution is -2.50. The van der Waals surface area contributed by atoms with Gasteiger partial charge in [0.15, 0.2) is 0 Å². The van der Waals surface area contributed by atoms with E-state index in [0.29, 0.717) is 12.2 Å². The van der Waals surface area contributed by atoms with Gasteiger partial charge in [0.05, 0.1) is 41.9 Å². The molecule has 5 rings (SSSR count). The van der Waals surface area contributed by atoms with Crippen LogP contribution in [0.5, 0.6) is 5.75 Å². The zero-order valence-electron chi connectivity index (χ0n) is 21.0. The minimum Gasteiger partial charge on any atom is -0.495 e.